The number of benzene rings is 2. The number of amides is 1. The maximum atomic E-state index is 12.1. The van der Waals surface area contributed by atoms with Gasteiger partial charge in [0.15, 0.2) is 0 Å². The van der Waals surface area contributed by atoms with Gasteiger partial charge in [0, 0.05) is 23.0 Å². The number of carbonyl (C=O) groups excluding carboxylic acids is 1. The zero-order chi connectivity index (χ0) is 14.5. The Hall–Kier alpha value is -2.63. The highest BCUT2D eigenvalue weighted by atomic mass is 19.3. The molecule has 3 N–H and O–H groups in total. The third kappa shape index (κ3) is 3.68. The van der Waals surface area contributed by atoms with Crippen LogP contribution in [-0.4, -0.2) is 12.5 Å². The van der Waals surface area contributed by atoms with E-state index in [9.17, 15) is 13.6 Å². The molecule has 0 aliphatic carbocycles. The maximum Gasteiger partial charge on any atom is 0.387 e. The van der Waals surface area contributed by atoms with Crippen LogP contribution in [0.2, 0.25) is 0 Å². The average molecular weight is 278 g/mol. The molecule has 2 aromatic rings. The summed E-state index contributed by atoms with van der Waals surface area (Å²) in [4.78, 5) is 10.9. The Balaban J connectivity index is 2.11. The minimum Gasteiger partial charge on any atom is -0.435 e. The smallest absolute Gasteiger partial charge is 0.387 e. The van der Waals surface area contributed by atoms with Gasteiger partial charge in [-0.3, -0.25) is 4.79 Å². The predicted molar refractivity (Wildman–Crippen MR) is 71.3 cm³/mol. The normalized spacial score (nSPS) is 10.3. The van der Waals surface area contributed by atoms with Gasteiger partial charge in [-0.15, -0.1) is 0 Å². The van der Waals surface area contributed by atoms with Crippen molar-refractivity contribution in [3.8, 4) is 5.75 Å². The van der Waals surface area contributed by atoms with Crippen molar-refractivity contribution in [1.29, 1.82) is 0 Å². The molecule has 0 atom stereocenters. The average Bonchev–Trinajstić information content (AvgIpc) is 2.39. The molecule has 20 heavy (non-hydrogen) atoms. The maximum absolute atomic E-state index is 12.1. The van der Waals surface area contributed by atoms with Crippen LogP contribution in [0.3, 0.4) is 0 Å². The van der Waals surface area contributed by atoms with Crippen LogP contribution in [0.4, 0.5) is 20.2 Å². The van der Waals surface area contributed by atoms with Gasteiger partial charge in [0.05, 0.1) is 0 Å². The van der Waals surface area contributed by atoms with Crippen LogP contribution in [-0.2, 0) is 0 Å². The number of anilines is 2. The van der Waals surface area contributed by atoms with Crippen molar-refractivity contribution in [3.05, 3.63) is 54.1 Å². The second kappa shape index (κ2) is 6.01. The Kier molecular flexibility index (Phi) is 4.14. The molecule has 104 valence electrons. The summed E-state index contributed by atoms with van der Waals surface area (Å²) >= 11 is 0. The summed E-state index contributed by atoms with van der Waals surface area (Å²) in [6.07, 6.45) is 0. The summed E-state index contributed by atoms with van der Waals surface area (Å²) in [5, 5.41) is 3.01. The summed E-state index contributed by atoms with van der Waals surface area (Å²) in [7, 11) is 0. The molecule has 0 fully saturated rings. The van der Waals surface area contributed by atoms with Crippen molar-refractivity contribution in [1.82, 2.24) is 0 Å². The number of nitrogens with two attached hydrogens (primary N) is 1. The predicted octanol–water partition coefficient (Wildman–Crippen LogP) is 3.13. The SMILES string of the molecule is NC(=O)c1ccc(Nc2cccc(OC(F)F)c2)cc1. The van der Waals surface area contributed by atoms with Crippen molar-refractivity contribution >= 4 is 17.3 Å². The van der Waals surface area contributed by atoms with E-state index < -0.39 is 12.5 Å². The number of ether oxygens (including phenoxy) is 1. The van der Waals surface area contributed by atoms with Crippen LogP contribution in [0.1, 0.15) is 10.4 Å². The lowest BCUT2D eigenvalue weighted by atomic mass is 10.2. The first kappa shape index (κ1) is 13.8. The number of hydrogen-bond donors (Lipinski definition) is 2. The summed E-state index contributed by atoms with van der Waals surface area (Å²) < 4.78 is 28.5. The number of alkyl halides is 2. The van der Waals surface area contributed by atoms with Gasteiger partial charge in [-0.1, -0.05) is 6.07 Å². The number of nitrogens with one attached hydrogen (secondary N) is 1. The van der Waals surface area contributed by atoms with Gasteiger partial charge >= 0.3 is 6.61 Å². The van der Waals surface area contributed by atoms with Crippen molar-refractivity contribution in [3.63, 3.8) is 0 Å². The lowest BCUT2D eigenvalue weighted by Gasteiger charge is -2.09. The van der Waals surface area contributed by atoms with E-state index in [-0.39, 0.29) is 5.75 Å². The molecular formula is C14H12F2N2O2. The third-order valence-corrected chi connectivity index (χ3v) is 2.52. The standard InChI is InChI=1S/C14H12F2N2O2/c15-14(16)20-12-3-1-2-11(8-12)18-10-6-4-9(5-7-10)13(17)19/h1-8,14,18H,(H2,17,19). The van der Waals surface area contributed by atoms with E-state index >= 15 is 0 Å². The van der Waals surface area contributed by atoms with E-state index in [1.54, 1.807) is 36.4 Å². The third-order valence-electron chi connectivity index (χ3n) is 2.52. The van der Waals surface area contributed by atoms with E-state index in [2.05, 4.69) is 10.1 Å². The second-order valence-corrected chi connectivity index (χ2v) is 3.97. The zero-order valence-electron chi connectivity index (χ0n) is 10.3. The van der Waals surface area contributed by atoms with E-state index in [1.807, 2.05) is 0 Å². The Morgan fingerprint density at radius 2 is 1.80 bits per heavy atom. The van der Waals surface area contributed by atoms with Gasteiger partial charge in [-0.25, -0.2) is 0 Å². The molecule has 2 aromatic carbocycles. The van der Waals surface area contributed by atoms with Crippen molar-refractivity contribution in [2.24, 2.45) is 5.73 Å². The van der Waals surface area contributed by atoms with Crippen molar-refractivity contribution < 1.29 is 18.3 Å². The molecular weight excluding hydrogens is 266 g/mol. The van der Waals surface area contributed by atoms with Crippen LogP contribution in [0.15, 0.2) is 48.5 Å². The Morgan fingerprint density at radius 1 is 1.10 bits per heavy atom. The Morgan fingerprint density at radius 3 is 2.40 bits per heavy atom. The van der Waals surface area contributed by atoms with Gasteiger partial charge < -0.3 is 15.8 Å². The fourth-order valence-corrected chi connectivity index (χ4v) is 1.63. The van der Waals surface area contributed by atoms with Gasteiger partial charge in [-0.2, -0.15) is 8.78 Å². The minimum atomic E-state index is -2.86. The summed E-state index contributed by atoms with van der Waals surface area (Å²) in [6.45, 7) is -2.86. The van der Waals surface area contributed by atoms with Gasteiger partial charge in [0.2, 0.25) is 5.91 Å². The van der Waals surface area contributed by atoms with E-state index in [1.165, 1.54) is 12.1 Å². The van der Waals surface area contributed by atoms with Gasteiger partial charge in [0.25, 0.3) is 0 Å². The monoisotopic (exact) mass is 278 g/mol. The number of halogens is 2. The lowest BCUT2D eigenvalue weighted by Crippen LogP contribution is -2.10. The van der Waals surface area contributed by atoms with E-state index in [4.69, 9.17) is 5.73 Å². The zero-order valence-corrected chi connectivity index (χ0v) is 10.3. The fourth-order valence-electron chi connectivity index (χ4n) is 1.63. The molecule has 0 radical (unpaired) electrons. The second-order valence-electron chi connectivity index (χ2n) is 3.97. The fraction of sp³-hybridized carbons (Fsp3) is 0.0714. The summed E-state index contributed by atoms with van der Waals surface area (Å²) in [6, 6.07) is 12.7. The van der Waals surface area contributed by atoms with Crippen molar-refractivity contribution in [2.75, 3.05) is 5.32 Å². The number of hydrogen-bond acceptors (Lipinski definition) is 3. The van der Waals surface area contributed by atoms with Gasteiger partial charge in [-0.05, 0) is 36.4 Å². The molecule has 0 aromatic heterocycles. The first-order chi connectivity index (χ1) is 9.54. The molecule has 0 saturated heterocycles. The molecule has 0 aliphatic rings. The summed E-state index contributed by atoms with van der Waals surface area (Å²) in [5.41, 5.74) is 6.82. The van der Waals surface area contributed by atoms with Crippen LogP contribution in [0.5, 0.6) is 5.75 Å². The van der Waals surface area contributed by atoms with E-state index in [0.717, 1.165) is 0 Å². The van der Waals surface area contributed by atoms with E-state index in [0.29, 0.717) is 16.9 Å². The summed E-state index contributed by atoms with van der Waals surface area (Å²) in [5.74, 6) is -0.442. The Bertz CT molecular complexity index is 600. The van der Waals surface area contributed by atoms with Crippen LogP contribution >= 0.6 is 0 Å². The molecule has 0 spiro atoms. The van der Waals surface area contributed by atoms with Gasteiger partial charge in [0.1, 0.15) is 5.75 Å². The molecule has 0 bridgehead atoms. The molecule has 0 heterocycles. The first-order valence-corrected chi connectivity index (χ1v) is 5.76. The highest BCUT2D eigenvalue weighted by molar-refractivity contribution is 5.93. The topological polar surface area (TPSA) is 64.4 Å². The number of primary amides is 1. The molecule has 0 aliphatic heterocycles. The quantitative estimate of drug-likeness (QED) is 0.883. The largest absolute Gasteiger partial charge is 0.435 e. The Labute approximate surface area is 114 Å². The molecule has 6 heteroatoms. The molecule has 0 saturated carbocycles. The number of carbonyl (C=O) groups is 1. The highest BCUT2D eigenvalue weighted by Gasteiger charge is 2.05. The van der Waals surface area contributed by atoms with Crippen LogP contribution in [0.25, 0.3) is 0 Å². The molecule has 4 nitrogen and oxygen atoms in total. The number of rotatable bonds is 5. The molecule has 1 amide bonds. The minimum absolute atomic E-state index is 0.0683. The lowest BCUT2D eigenvalue weighted by molar-refractivity contribution is -0.0498. The van der Waals surface area contributed by atoms with Crippen LogP contribution in [0, 0.1) is 0 Å². The van der Waals surface area contributed by atoms with Crippen LogP contribution < -0.4 is 15.8 Å². The molecule has 2 rings (SSSR count). The first-order valence-electron chi connectivity index (χ1n) is 5.76. The highest BCUT2D eigenvalue weighted by Crippen LogP contribution is 2.22. The molecule has 0 unspecified atom stereocenters. The van der Waals surface area contributed by atoms with Crippen molar-refractivity contribution in [2.45, 2.75) is 6.61 Å².